The molecule has 2 saturated heterocycles. The summed E-state index contributed by atoms with van der Waals surface area (Å²) in [4.78, 5) is 25.0. The number of aliphatic carboxylic acids is 1. The van der Waals surface area contributed by atoms with Crippen molar-refractivity contribution in [3.8, 4) is 0 Å². The molecular formula is C12H19NO4S. The second-order valence-corrected chi connectivity index (χ2v) is 5.72. The van der Waals surface area contributed by atoms with Crippen molar-refractivity contribution in [2.45, 2.75) is 43.9 Å². The number of ether oxygens (including phenoxy) is 1. The summed E-state index contributed by atoms with van der Waals surface area (Å²) in [5.74, 6) is -0.0384. The van der Waals surface area contributed by atoms with E-state index in [0.717, 1.165) is 25.1 Å². The maximum absolute atomic E-state index is 12.3. The number of likely N-dealkylation sites (tertiary alicyclic amines) is 1. The van der Waals surface area contributed by atoms with Crippen LogP contribution in [0.3, 0.4) is 0 Å². The lowest BCUT2D eigenvalue weighted by Crippen LogP contribution is -2.43. The highest BCUT2D eigenvalue weighted by molar-refractivity contribution is 7.98. The molecule has 18 heavy (non-hydrogen) atoms. The summed E-state index contributed by atoms with van der Waals surface area (Å²) in [5, 5.41) is 8.86. The molecule has 0 radical (unpaired) electrons. The Morgan fingerprint density at radius 2 is 2.06 bits per heavy atom. The predicted octanol–water partition coefficient (Wildman–Crippen LogP) is 0.973. The summed E-state index contributed by atoms with van der Waals surface area (Å²) in [5.41, 5.74) is 0. The molecule has 0 aromatic carbocycles. The van der Waals surface area contributed by atoms with Crippen LogP contribution in [0.5, 0.6) is 0 Å². The molecule has 0 saturated carbocycles. The summed E-state index contributed by atoms with van der Waals surface area (Å²) >= 11 is 1.74. The molecular weight excluding hydrogens is 254 g/mol. The standard InChI is InChI=1S/C12H19NO4S/c1-18-7-8-3-2-6-13(8)11(14)9-4-5-10(17-9)12(15)16/h8-10H,2-7H2,1H3,(H,15,16)/t8?,9-,10+/m0/s1. The summed E-state index contributed by atoms with van der Waals surface area (Å²) in [7, 11) is 0. The SMILES string of the molecule is CSCC1CCCN1C(=O)[C@@H]1CC[C@H](C(=O)O)O1. The number of amides is 1. The van der Waals surface area contributed by atoms with E-state index in [9.17, 15) is 9.59 Å². The summed E-state index contributed by atoms with van der Waals surface area (Å²) in [6.45, 7) is 0.779. The molecule has 0 bridgehead atoms. The van der Waals surface area contributed by atoms with E-state index in [0.29, 0.717) is 18.9 Å². The van der Waals surface area contributed by atoms with Crippen molar-refractivity contribution in [3.05, 3.63) is 0 Å². The number of carbonyl (C=O) groups excluding carboxylic acids is 1. The van der Waals surface area contributed by atoms with Crippen molar-refractivity contribution in [1.82, 2.24) is 4.90 Å². The first kappa shape index (κ1) is 13.7. The Kier molecular flexibility index (Phi) is 4.50. The van der Waals surface area contributed by atoms with Crippen LogP contribution in [-0.4, -0.2) is 58.7 Å². The van der Waals surface area contributed by atoms with Crippen LogP contribution in [-0.2, 0) is 14.3 Å². The van der Waals surface area contributed by atoms with Gasteiger partial charge >= 0.3 is 5.97 Å². The number of nitrogens with zero attached hydrogens (tertiary/aromatic N) is 1. The molecule has 0 aromatic rings. The molecule has 1 amide bonds. The molecule has 3 atom stereocenters. The van der Waals surface area contributed by atoms with Gasteiger partial charge in [0.25, 0.3) is 5.91 Å². The first-order chi connectivity index (χ1) is 8.63. The average molecular weight is 273 g/mol. The Balaban J connectivity index is 1.93. The largest absolute Gasteiger partial charge is 0.479 e. The van der Waals surface area contributed by atoms with Gasteiger partial charge in [0.1, 0.15) is 6.10 Å². The van der Waals surface area contributed by atoms with E-state index in [1.165, 1.54) is 0 Å². The van der Waals surface area contributed by atoms with Crippen molar-refractivity contribution >= 4 is 23.6 Å². The fourth-order valence-corrected chi connectivity index (χ4v) is 3.41. The van der Waals surface area contributed by atoms with Gasteiger partial charge in [-0.1, -0.05) is 0 Å². The highest BCUT2D eigenvalue weighted by Crippen LogP contribution is 2.26. The number of carboxylic acid groups (broad SMARTS) is 1. The zero-order valence-electron chi connectivity index (χ0n) is 10.5. The Bertz CT molecular complexity index is 336. The number of rotatable bonds is 4. The molecule has 6 heteroatoms. The highest BCUT2D eigenvalue weighted by atomic mass is 32.2. The lowest BCUT2D eigenvalue weighted by molar-refractivity contribution is -0.154. The van der Waals surface area contributed by atoms with Gasteiger partial charge in [-0.15, -0.1) is 0 Å². The van der Waals surface area contributed by atoms with Crippen LogP contribution in [0, 0.1) is 0 Å². The summed E-state index contributed by atoms with van der Waals surface area (Å²) < 4.78 is 5.33. The van der Waals surface area contributed by atoms with Gasteiger partial charge in [0.05, 0.1) is 0 Å². The number of hydrogen-bond acceptors (Lipinski definition) is 4. The normalized spacial score (nSPS) is 31.8. The topological polar surface area (TPSA) is 66.8 Å². The molecule has 2 aliphatic rings. The van der Waals surface area contributed by atoms with Gasteiger partial charge in [0.2, 0.25) is 0 Å². The molecule has 0 spiro atoms. The Morgan fingerprint density at radius 3 is 2.67 bits per heavy atom. The lowest BCUT2D eigenvalue weighted by atomic mass is 10.1. The van der Waals surface area contributed by atoms with Gasteiger partial charge in [0, 0.05) is 18.3 Å². The molecule has 2 rings (SSSR count). The Labute approximate surface area is 111 Å². The number of carbonyl (C=O) groups is 2. The maximum Gasteiger partial charge on any atom is 0.332 e. The maximum atomic E-state index is 12.3. The third-order valence-electron chi connectivity index (χ3n) is 3.59. The number of carboxylic acids is 1. The van der Waals surface area contributed by atoms with Crippen molar-refractivity contribution in [3.63, 3.8) is 0 Å². The van der Waals surface area contributed by atoms with Crippen LogP contribution in [0.1, 0.15) is 25.7 Å². The molecule has 1 unspecified atom stereocenters. The van der Waals surface area contributed by atoms with Crippen molar-refractivity contribution < 1.29 is 19.4 Å². The highest BCUT2D eigenvalue weighted by Gasteiger charge is 2.39. The van der Waals surface area contributed by atoms with Crippen molar-refractivity contribution in [2.75, 3.05) is 18.6 Å². The van der Waals surface area contributed by atoms with E-state index in [1.54, 1.807) is 11.8 Å². The molecule has 102 valence electrons. The molecule has 1 N–H and O–H groups in total. The Hall–Kier alpha value is -0.750. The fourth-order valence-electron chi connectivity index (χ4n) is 2.68. The van der Waals surface area contributed by atoms with Gasteiger partial charge in [-0.05, 0) is 31.9 Å². The first-order valence-corrected chi connectivity index (χ1v) is 7.70. The first-order valence-electron chi connectivity index (χ1n) is 6.31. The zero-order valence-corrected chi connectivity index (χ0v) is 11.3. The molecule has 5 nitrogen and oxygen atoms in total. The second-order valence-electron chi connectivity index (χ2n) is 4.81. The van der Waals surface area contributed by atoms with Crippen molar-refractivity contribution in [1.29, 1.82) is 0 Å². The van der Waals surface area contributed by atoms with E-state index < -0.39 is 18.2 Å². The van der Waals surface area contributed by atoms with Gasteiger partial charge in [-0.3, -0.25) is 4.79 Å². The third kappa shape index (κ3) is 2.80. The monoisotopic (exact) mass is 273 g/mol. The van der Waals surface area contributed by atoms with E-state index in [1.807, 2.05) is 11.2 Å². The minimum atomic E-state index is -0.965. The molecule has 2 fully saturated rings. The van der Waals surface area contributed by atoms with Crippen LogP contribution in [0.15, 0.2) is 0 Å². The van der Waals surface area contributed by atoms with E-state index in [4.69, 9.17) is 9.84 Å². The smallest absolute Gasteiger partial charge is 0.332 e. The zero-order chi connectivity index (χ0) is 13.1. The van der Waals surface area contributed by atoms with Crippen LogP contribution >= 0.6 is 11.8 Å². The van der Waals surface area contributed by atoms with E-state index >= 15 is 0 Å². The molecule has 2 heterocycles. The summed E-state index contributed by atoms with van der Waals surface area (Å²) in [6.07, 6.45) is 3.72. The minimum Gasteiger partial charge on any atom is -0.479 e. The Morgan fingerprint density at radius 1 is 1.33 bits per heavy atom. The van der Waals surface area contributed by atoms with Crippen LogP contribution in [0.25, 0.3) is 0 Å². The second kappa shape index (κ2) is 5.93. The van der Waals surface area contributed by atoms with Crippen LogP contribution in [0.2, 0.25) is 0 Å². The summed E-state index contributed by atoms with van der Waals surface area (Å²) in [6, 6.07) is 0.292. The lowest BCUT2D eigenvalue weighted by Gasteiger charge is -2.26. The quantitative estimate of drug-likeness (QED) is 0.827. The van der Waals surface area contributed by atoms with E-state index in [2.05, 4.69) is 0 Å². The van der Waals surface area contributed by atoms with Crippen molar-refractivity contribution in [2.24, 2.45) is 0 Å². The minimum absolute atomic E-state index is 0.0182. The van der Waals surface area contributed by atoms with Gasteiger partial charge in [0.15, 0.2) is 6.10 Å². The number of hydrogen-bond donors (Lipinski definition) is 1. The molecule has 0 aliphatic carbocycles. The van der Waals surface area contributed by atoms with E-state index in [-0.39, 0.29) is 5.91 Å². The van der Waals surface area contributed by atoms with Gasteiger partial charge < -0.3 is 14.7 Å². The molecule has 0 aromatic heterocycles. The van der Waals surface area contributed by atoms with Gasteiger partial charge in [-0.25, -0.2) is 4.79 Å². The number of thioether (sulfide) groups is 1. The fraction of sp³-hybridized carbons (Fsp3) is 0.833. The van der Waals surface area contributed by atoms with Gasteiger partial charge in [-0.2, -0.15) is 11.8 Å². The average Bonchev–Trinajstić information content (AvgIpc) is 2.97. The van der Waals surface area contributed by atoms with Crippen LogP contribution < -0.4 is 0 Å². The third-order valence-corrected chi connectivity index (χ3v) is 4.31. The van der Waals surface area contributed by atoms with Crippen LogP contribution in [0.4, 0.5) is 0 Å². The predicted molar refractivity (Wildman–Crippen MR) is 68.6 cm³/mol. The molecule has 2 aliphatic heterocycles.